The molecule has 0 rings (SSSR count). The Bertz CT molecular complexity index is 1030. The number of aliphatic hydroxyl groups is 3. The summed E-state index contributed by atoms with van der Waals surface area (Å²) in [4.78, 5) is 12.5. The van der Waals surface area contributed by atoms with Gasteiger partial charge in [-0.3, -0.25) is 4.79 Å². The third kappa shape index (κ3) is 54.4. The summed E-state index contributed by atoms with van der Waals surface area (Å²) >= 11 is 0. The van der Waals surface area contributed by atoms with Gasteiger partial charge in [0.2, 0.25) is 5.91 Å². The topological polar surface area (TPSA) is 89.8 Å². The molecule has 0 aliphatic rings. The van der Waals surface area contributed by atoms with Crippen LogP contribution in [0.4, 0.5) is 0 Å². The number of unbranched alkanes of at least 4 members (excludes halogenated alkanes) is 47. The molecule has 0 fully saturated rings. The molecule has 0 radical (unpaired) electrons. The maximum Gasteiger partial charge on any atom is 0.220 e. The summed E-state index contributed by atoms with van der Waals surface area (Å²) < 4.78 is 0. The van der Waals surface area contributed by atoms with Crippen LogP contribution in [0.3, 0.4) is 0 Å². The minimum atomic E-state index is -1.17. The summed E-state index contributed by atoms with van der Waals surface area (Å²) in [6, 6.07) is -0.831. The van der Waals surface area contributed by atoms with E-state index in [4.69, 9.17) is 0 Å². The molecule has 0 bridgehead atoms. The highest BCUT2D eigenvalue weighted by molar-refractivity contribution is 5.76. The first-order valence-corrected chi connectivity index (χ1v) is 31.6. The van der Waals surface area contributed by atoms with Crippen LogP contribution in [-0.2, 0) is 4.79 Å². The first-order valence-electron chi connectivity index (χ1n) is 31.6. The van der Waals surface area contributed by atoms with Gasteiger partial charge in [-0.25, -0.2) is 0 Å². The lowest BCUT2D eigenvalue weighted by molar-refractivity contribution is -0.124. The molecule has 0 aliphatic heterocycles. The SMILES string of the molecule is CCCCCCCCCCCCCCCC/C=C/CC/C=C/CCCC(O)C(O)C(CO)NC(=O)CCCCCCCCCCCCCCCCCCCCCCCCCCCCCCCCCC. The van der Waals surface area contributed by atoms with E-state index >= 15 is 0 Å². The van der Waals surface area contributed by atoms with Crippen molar-refractivity contribution in [1.29, 1.82) is 0 Å². The molecule has 410 valence electrons. The standard InChI is InChI=1S/C64H125NO4/c1-3-5-7-9-11-13-15-17-19-21-23-25-27-28-29-30-31-32-33-34-35-37-39-41-43-45-47-49-51-53-55-57-59-63(68)65-61(60-66)64(69)62(67)58-56-54-52-50-48-46-44-42-40-38-36-26-24-22-20-18-16-14-12-10-8-6-4-2/h42,44,50,52,61-62,64,66-67,69H,3-41,43,45-49,51,53-60H2,1-2H3,(H,65,68)/b44-42+,52-50+. The average Bonchev–Trinajstić information content (AvgIpc) is 3.35. The number of carbonyl (C=O) groups excluding carboxylic acids is 1. The molecule has 3 unspecified atom stereocenters. The second-order valence-corrected chi connectivity index (χ2v) is 22.0. The molecular formula is C64H125NO4. The third-order valence-electron chi connectivity index (χ3n) is 15.0. The van der Waals surface area contributed by atoms with E-state index in [0.717, 1.165) is 44.9 Å². The van der Waals surface area contributed by atoms with Crippen LogP contribution in [0.5, 0.6) is 0 Å². The fourth-order valence-electron chi connectivity index (χ4n) is 10.2. The van der Waals surface area contributed by atoms with Gasteiger partial charge in [0.25, 0.3) is 0 Å². The zero-order valence-electron chi connectivity index (χ0n) is 47.0. The highest BCUT2D eigenvalue weighted by atomic mass is 16.3. The van der Waals surface area contributed by atoms with Crippen LogP contribution in [0.15, 0.2) is 24.3 Å². The van der Waals surface area contributed by atoms with Gasteiger partial charge in [-0.2, -0.15) is 0 Å². The zero-order valence-corrected chi connectivity index (χ0v) is 47.0. The minimum Gasteiger partial charge on any atom is -0.394 e. The van der Waals surface area contributed by atoms with E-state index in [1.165, 1.54) is 283 Å². The van der Waals surface area contributed by atoms with Gasteiger partial charge in [0, 0.05) is 6.42 Å². The predicted octanol–water partition coefficient (Wildman–Crippen LogP) is 20.0. The average molecular weight is 973 g/mol. The Kier molecular flexibility index (Phi) is 58.4. The van der Waals surface area contributed by atoms with Crippen molar-refractivity contribution in [2.45, 2.75) is 372 Å². The van der Waals surface area contributed by atoms with Crippen LogP contribution in [-0.4, -0.2) is 46.1 Å². The van der Waals surface area contributed by atoms with Crippen molar-refractivity contribution in [2.75, 3.05) is 6.61 Å². The lowest BCUT2D eigenvalue weighted by Crippen LogP contribution is -2.50. The molecule has 4 N–H and O–H groups in total. The Morgan fingerprint density at radius 2 is 0.594 bits per heavy atom. The van der Waals surface area contributed by atoms with Crippen molar-refractivity contribution in [2.24, 2.45) is 0 Å². The minimum absolute atomic E-state index is 0.151. The summed E-state index contributed by atoms with van der Waals surface area (Å²) in [6.45, 7) is 4.21. The van der Waals surface area contributed by atoms with E-state index in [1.807, 2.05) is 0 Å². The monoisotopic (exact) mass is 972 g/mol. The molecule has 1 amide bonds. The summed E-state index contributed by atoms with van der Waals surface area (Å²) in [6.07, 6.45) is 76.6. The van der Waals surface area contributed by atoms with Crippen LogP contribution in [0.1, 0.15) is 354 Å². The van der Waals surface area contributed by atoms with Crippen LogP contribution in [0.2, 0.25) is 0 Å². The maximum atomic E-state index is 12.5. The number of amides is 1. The molecule has 0 aromatic carbocycles. The molecule has 5 heteroatoms. The number of aliphatic hydroxyl groups excluding tert-OH is 3. The quantitative estimate of drug-likeness (QED) is 0.0361. The molecule has 0 aromatic heterocycles. The first-order chi connectivity index (χ1) is 34.1. The number of hydrogen-bond acceptors (Lipinski definition) is 4. The van der Waals surface area contributed by atoms with Gasteiger partial charge in [-0.05, 0) is 51.4 Å². The second kappa shape index (κ2) is 59.4. The number of rotatable bonds is 59. The molecule has 0 spiro atoms. The fraction of sp³-hybridized carbons (Fsp3) is 0.922. The van der Waals surface area contributed by atoms with Gasteiger partial charge in [-0.1, -0.05) is 321 Å². The highest BCUT2D eigenvalue weighted by Gasteiger charge is 2.26. The van der Waals surface area contributed by atoms with Crippen LogP contribution >= 0.6 is 0 Å². The molecule has 69 heavy (non-hydrogen) atoms. The van der Waals surface area contributed by atoms with Crippen LogP contribution in [0.25, 0.3) is 0 Å². The van der Waals surface area contributed by atoms with Crippen LogP contribution in [0, 0.1) is 0 Å². The molecule has 5 nitrogen and oxygen atoms in total. The second-order valence-electron chi connectivity index (χ2n) is 22.0. The number of nitrogens with one attached hydrogen (secondary N) is 1. The highest BCUT2D eigenvalue weighted by Crippen LogP contribution is 2.19. The van der Waals surface area contributed by atoms with Gasteiger partial charge in [-0.15, -0.1) is 0 Å². The Morgan fingerprint density at radius 3 is 0.884 bits per heavy atom. The number of hydrogen-bond donors (Lipinski definition) is 4. The van der Waals surface area contributed by atoms with E-state index in [-0.39, 0.29) is 12.5 Å². The fourth-order valence-corrected chi connectivity index (χ4v) is 10.2. The predicted molar refractivity (Wildman–Crippen MR) is 305 cm³/mol. The Morgan fingerprint density at radius 1 is 0.348 bits per heavy atom. The normalized spacial score (nSPS) is 13.3. The summed E-state index contributed by atoms with van der Waals surface area (Å²) in [5.74, 6) is -0.151. The van der Waals surface area contributed by atoms with Gasteiger partial charge in [0.15, 0.2) is 0 Å². The summed E-state index contributed by atoms with van der Waals surface area (Å²) in [5.41, 5.74) is 0. The van der Waals surface area contributed by atoms with E-state index in [9.17, 15) is 20.1 Å². The van der Waals surface area contributed by atoms with Crippen molar-refractivity contribution in [3.63, 3.8) is 0 Å². The maximum absolute atomic E-state index is 12.5. The number of carbonyl (C=O) groups is 1. The van der Waals surface area contributed by atoms with Crippen molar-refractivity contribution in [3.05, 3.63) is 24.3 Å². The van der Waals surface area contributed by atoms with Gasteiger partial charge < -0.3 is 20.6 Å². The molecule has 0 saturated carbocycles. The van der Waals surface area contributed by atoms with Gasteiger partial charge in [0.05, 0.1) is 18.8 Å². The zero-order chi connectivity index (χ0) is 50.0. The molecule has 0 aromatic rings. The smallest absolute Gasteiger partial charge is 0.220 e. The van der Waals surface area contributed by atoms with E-state index in [1.54, 1.807) is 0 Å². The van der Waals surface area contributed by atoms with E-state index in [2.05, 4.69) is 43.5 Å². The van der Waals surface area contributed by atoms with Crippen molar-refractivity contribution in [3.8, 4) is 0 Å². The Labute approximate surface area is 432 Å². The summed E-state index contributed by atoms with van der Waals surface area (Å²) in [7, 11) is 0. The summed E-state index contributed by atoms with van der Waals surface area (Å²) in [5, 5.41) is 33.8. The molecular weight excluding hydrogens is 847 g/mol. The van der Waals surface area contributed by atoms with E-state index < -0.39 is 18.2 Å². The molecule has 0 saturated heterocycles. The first kappa shape index (κ1) is 67.8. The molecule has 3 atom stereocenters. The van der Waals surface area contributed by atoms with Crippen molar-refractivity contribution < 1.29 is 20.1 Å². The third-order valence-corrected chi connectivity index (χ3v) is 15.0. The molecule has 0 aliphatic carbocycles. The molecule has 0 heterocycles. The lowest BCUT2D eigenvalue weighted by Gasteiger charge is -2.26. The van der Waals surface area contributed by atoms with Gasteiger partial charge >= 0.3 is 0 Å². The van der Waals surface area contributed by atoms with Crippen molar-refractivity contribution in [1.82, 2.24) is 5.32 Å². The Balaban J connectivity index is 3.51. The lowest BCUT2D eigenvalue weighted by atomic mass is 10.0. The largest absolute Gasteiger partial charge is 0.394 e. The van der Waals surface area contributed by atoms with Gasteiger partial charge in [0.1, 0.15) is 6.10 Å². The van der Waals surface area contributed by atoms with Crippen LogP contribution < -0.4 is 5.32 Å². The number of allylic oxidation sites excluding steroid dienone is 4. The Hall–Kier alpha value is -1.17. The van der Waals surface area contributed by atoms with Crippen molar-refractivity contribution >= 4 is 5.91 Å². The van der Waals surface area contributed by atoms with E-state index in [0.29, 0.717) is 12.8 Å².